The normalized spacial score (nSPS) is 24.4. The summed E-state index contributed by atoms with van der Waals surface area (Å²) in [7, 11) is -2.19. The molecule has 1 saturated heterocycles. The summed E-state index contributed by atoms with van der Waals surface area (Å²) in [6.07, 6.45) is -4.39. The zero-order valence-electron chi connectivity index (χ0n) is 15.6. The number of methoxy groups -OCH3 is 1. The number of amides is 2. The fourth-order valence-electron chi connectivity index (χ4n) is 3.69. The first-order chi connectivity index (χ1) is 13.4. The Morgan fingerprint density at radius 2 is 2.00 bits per heavy atom. The van der Waals surface area contributed by atoms with Crippen LogP contribution in [0.3, 0.4) is 0 Å². The van der Waals surface area contributed by atoms with Crippen LogP contribution in [0.5, 0.6) is 0 Å². The number of hydrogen-bond acceptors (Lipinski definition) is 5. The molecular formula is C18H19F3N2O5S. The van der Waals surface area contributed by atoms with E-state index >= 15 is 0 Å². The largest absolute Gasteiger partial charge is 0.466 e. The number of nitrogens with zero attached hydrogens (tertiary/aromatic N) is 1. The summed E-state index contributed by atoms with van der Waals surface area (Å²) >= 11 is 0. The van der Waals surface area contributed by atoms with E-state index in [0.29, 0.717) is 0 Å². The SMILES string of the molecule is COC(=O)C1=C(C)N([C@@H]2CCS(=O)(=O)C2)C(=O)N[C@@H]1c1cccc(C(F)(F)F)c1. The minimum absolute atomic E-state index is 0.0456. The molecule has 0 unspecified atom stereocenters. The lowest BCUT2D eigenvalue weighted by Crippen LogP contribution is -2.52. The highest BCUT2D eigenvalue weighted by molar-refractivity contribution is 7.91. The lowest BCUT2D eigenvalue weighted by molar-refractivity contribution is -0.137. The van der Waals surface area contributed by atoms with Gasteiger partial charge in [-0.15, -0.1) is 0 Å². The van der Waals surface area contributed by atoms with Crippen molar-refractivity contribution < 1.29 is 35.9 Å². The molecule has 0 aliphatic carbocycles. The molecule has 1 aromatic carbocycles. The predicted octanol–water partition coefficient (Wildman–Crippen LogP) is 2.41. The van der Waals surface area contributed by atoms with E-state index in [4.69, 9.17) is 4.74 Å². The smallest absolute Gasteiger partial charge is 0.416 e. The molecule has 29 heavy (non-hydrogen) atoms. The Morgan fingerprint density at radius 3 is 2.55 bits per heavy atom. The van der Waals surface area contributed by atoms with Crippen molar-refractivity contribution in [1.29, 1.82) is 0 Å². The van der Waals surface area contributed by atoms with Crippen molar-refractivity contribution in [3.8, 4) is 0 Å². The summed E-state index contributed by atoms with van der Waals surface area (Å²) in [4.78, 5) is 26.4. The third-order valence-corrected chi connectivity index (χ3v) is 6.80. The van der Waals surface area contributed by atoms with Crippen molar-refractivity contribution in [3.05, 3.63) is 46.7 Å². The quantitative estimate of drug-likeness (QED) is 0.741. The molecule has 1 fully saturated rings. The zero-order chi connectivity index (χ0) is 21.6. The summed E-state index contributed by atoms with van der Waals surface area (Å²) < 4.78 is 67.7. The molecule has 1 aromatic rings. The van der Waals surface area contributed by atoms with E-state index in [1.54, 1.807) is 0 Å². The van der Waals surface area contributed by atoms with E-state index in [1.807, 2.05) is 0 Å². The molecule has 11 heteroatoms. The molecule has 3 rings (SSSR count). The van der Waals surface area contributed by atoms with Crippen LogP contribution in [0.4, 0.5) is 18.0 Å². The Morgan fingerprint density at radius 1 is 1.31 bits per heavy atom. The molecule has 2 aliphatic rings. The third kappa shape index (κ3) is 4.09. The van der Waals surface area contributed by atoms with Crippen LogP contribution in [0.1, 0.15) is 30.5 Å². The van der Waals surface area contributed by atoms with E-state index in [1.165, 1.54) is 24.0 Å². The van der Waals surface area contributed by atoms with Crippen LogP contribution < -0.4 is 5.32 Å². The van der Waals surface area contributed by atoms with Gasteiger partial charge in [0.05, 0.1) is 41.8 Å². The summed E-state index contributed by atoms with van der Waals surface area (Å²) in [6, 6.07) is 1.79. The fraction of sp³-hybridized carbons (Fsp3) is 0.444. The first-order valence-electron chi connectivity index (χ1n) is 8.71. The summed E-state index contributed by atoms with van der Waals surface area (Å²) in [6.45, 7) is 1.45. The number of carbonyl (C=O) groups is 2. The Labute approximate surface area is 165 Å². The summed E-state index contributed by atoms with van der Waals surface area (Å²) in [5.41, 5.74) is -0.747. The second-order valence-electron chi connectivity index (χ2n) is 6.92. The van der Waals surface area contributed by atoms with Crippen LogP contribution in [0.25, 0.3) is 0 Å². The van der Waals surface area contributed by atoms with Crippen LogP contribution in [0.15, 0.2) is 35.5 Å². The molecule has 2 amide bonds. The summed E-state index contributed by atoms with van der Waals surface area (Å²) in [5.74, 6) is -1.16. The second-order valence-corrected chi connectivity index (χ2v) is 9.15. The minimum atomic E-state index is -4.59. The molecule has 0 radical (unpaired) electrons. The van der Waals surface area contributed by atoms with Crippen LogP contribution in [0.2, 0.25) is 0 Å². The van der Waals surface area contributed by atoms with E-state index in [2.05, 4.69) is 5.32 Å². The Hall–Kier alpha value is -2.56. The lowest BCUT2D eigenvalue weighted by Gasteiger charge is -2.38. The number of carbonyl (C=O) groups excluding carboxylic acids is 2. The van der Waals surface area contributed by atoms with Gasteiger partial charge in [0.1, 0.15) is 0 Å². The van der Waals surface area contributed by atoms with Gasteiger partial charge in [0.15, 0.2) is 9.84 Å². The maximum atomic E-state index is 13.1. The van der Waals surface area contributed by atoms with Crippen LogP contribution in [-0.4, -0.2) is 50.0 Å². The Bertz CT molecular complexity index is 987. The number of benzene rings is 1. The van der Waals surface area contributed by atoms with E-state index < -0.39 is 45.7 Å². The van der Waals surface area contributed by atoms with Gasteiger partial charge in [-0.3, -0.25) is 4.90 Å². The predicted molar refractivity (Wildman–Crippen MR) is 96.3 cm³/mol. The average molecular weight is 432 g/mol. The highest BCUT2D eigenvalue weighted by atomic mass is 32.2. The van der Waals surface area contributed by atoms with Gasteiger partial charge in [0.2, 0.25) is 0 Å². The number of esters is 1. The van der Waals surface area contributed by atoms with Gasteiger partial charge in [-0.05, 0) is 31.0 Å². The molecule has 0 saturated carbocycles. The third-order valence-electron chi connectivity index (χ3n) is 5.05. The topological polar surface area (TPSA) is 92.8 Å². The molecule has 2 heterocycles. The maximum Gasteiger partial charge on any atom is 0.416 e. The first kappa shape index (κ1) is 21.2. The maximum absolute atomic E-state index is 13.1. The molecule has 7 nitrogen and oxygen atoms in total. The van der Waals surface area contributed by atoms with Gasteiger partial charge < -0.3 is 10.1 Å². The molecule has 1 N–H and O–H groups in total. The Kier molecular flexibility index (Phi) is 5.37. The Balaban J connectivity index is 2.08. The molecule has 0 spiro atoms. The van der Waals surface area contributed by atoms with Crippen LogP contribution >= 0.6 is 0 Å². The summed E-state index contributed by atoms with van der Waals surface area (Å²) in [5, 5.41) is 2.53. The number of alkyl halides is 3. The van der Waals surface area contributed by atoms with Crippen molar-refractivity contribution in [3.63, 3.8) is 0 Å². The highest BCUT2D eigenvalue weighted by Crippen LogP contribution is 2.36. The number of sulfone groups is 1. The number of nitrogens with one attached hydrogen (secondary N) is 1. The average Bonchev–Trinajstić information content (AvgIpc) is 2.99. The van der Waals surface area contributed by atoms with Gasteiger partial charge in [0, 0.05) is 5.70 Å². The molecular weight excluding hydrogens is 413 g/mol. The van der Waals surface area contributed by atoms with Gasteiger partial charge in [-0.1, -0.05) is 12.1 Å². The first-order valence-corrected chi connectivity index (χ1v) is 10.5. The van der Waals surface area contributed by atoms with Crippen LogP contribution in [-0.2, 0) is 25.5 Å². The van der Waals surface area contributed by atoms with Gasteiger partial charge in [0.25, 0.3) is 0 Å². The number of urea groups is 1. The van der Waals surface area contributed by atoms with E-state index in [0.717, 1.165) is 19.2 Å². The zero-order valence-corrected chi connectivity index (χ0v) is 16.4. The molecule has 0 aromatic heterocycles. The van der Waals surface area contributed by atoms with Crippen molar-refractivity contribution >= 4 is 21.8 Å². The van der Waals surface area contributed by atoms with Crippen molar-refractivity contribution in [2.45, 2.75) is 31.6 Å². The molecule has 2 atom stereocenters. The number of rotatable bonds is 3. The van der Waals surface area contributed by atoms with E-state index in [-0.39, 0.29) is 34.8 Å². The van der Waals surface area contributed by atoms with Crippen molar-refractivity contribution in [2.75, 3.05) is 18.6 Å². The molecule has 2 aliphatic heterocycles. The standard InChI is InChI=1S/C18H19F3N2O5S/c1-10-14(16(24)28-2)15(11-4-3-5-12(8-11)18(19,20)21)22-17(25)23(10)13-6-7-29(26,27)9-13/h3-5,8,13,15H,6-7,9H2,1-2H3,(H,22,25)/t13-,15-/m1/s1. The fourth-order valence-corrected chi connectivity index (χ4v) is 5.39. The van der Waals surface area contributed by atoms with Gasteiger partial charge in [-0.2, -0.15) is 13.2 Å². The number of hydrogen-bond donors (Lipinski definition) is 1. The second kappa shape index (κ2) is 7.36. The van der Waals surface area contributed by atoms with Crippen molar-refractivity contribution in [1.82, 2.24) is 10.2 Å². The monoisotopic (exact) mass is 432 g/mol. The van der Waals surface area contributed by atoms with Crippen LogP contribution in [0, 0.1) is 0 Å². The molecule has 158 valence electrons. The molecule has 0 bridgehead atoms. The number of ether oxygens (including phenoxy) is 1. The number of halogens is 3. The van der Waals surface area contributed by atoms with Gasteiger partial charge >= 0.3 is 18.2 Å². The van der Waals surface area contributed by atoms with E-state index in [9.17, 15) is 31.2 Å². The van der Waals surface area contributed by atoms with Crippen molar-refractivity contribution in [2.24, 2.45) is 0 Å². The highest BCUT2D eigenvalue weighted by Gasteiger charge is 2.43. The minimum Gasteiger partial charge on any atom is -0.466 e. The lowest BCUT2D eigenvalue weighted by atomic mass is 9.93. The van der Waals surface area contributed by atoms with Gasteiger partial charge in [-0.25, -0.2) is 18.0 Å². The number of allylic oxidation sites excluding steroid dienone is 1.